The summed E-state index contributed by atoms with van der Waals surface area (Å²) >= 11 is 6.20. The second kappa shape index (κ2) is 8.31. The molecule has 7 nitrogen and oxygen atoms in total. The molecule has 4 aromatic rings. The van der Waals surface area contributed by atoms with Gasteiger partial charge in [0.15, 0.2) is 11.2 Å². The molecule has 32 heavy (non-hydrogen) atoms. The number of benzene rings is 2. The lowest BCUT2D eigenvalue weighted by Gasteiger charge is -2.29. The van der Waals surface area contributed by atoms with Crippen molar-refractivity contribution >= 4 is 34.4 Å². The summed E-state index contributed by atoms with van der Waals surface area (Å²) in [6.45, 7) is 1.82. The van der Waals surface area contributed by atoms with Crippen LogP contribution in [0.2, 0.25) is 5.02 Å². The van der Waals surface area contributed by atoms with E-state index >= 15 is 0 Å². The zero-order valence-electron chi connectivity index (χ0n) is 17.9. The lowest BCUT2D eigenvalue weighted by molar-refractivity contribution is 0.565. The number of anilines is 2. The average Bonchev–Trinajstić information content (AvgIpc) is 3.20. The predicted octanol–water partition coefficient (Wildman–Crippen LogP) is 3.72. The Balaban J connectivity index is 1.56. The largest absolute Gasteiger partial charge is 0.332 e. The number of aryl methyl sites for hydroxylation is 3. The molecule has 0 unspecified atom stereocenters. The Bertz CT molecular complexity index is 1400. The van der Waals surface area contributed by atoms with Crippen molar-refractivity contribution in [1.82, 2.24) is 18.7 Å². The highest BCUT2D eigenvalue weighted by Crippen LogP contribution is 2.32. The van der Waals surface area contributed by atoms with Crippen molar-refractivity contribution in [1.29, 1.82) is 0 Å². The first-order chi connectivity index (χ1) is 15.5. The number of rotatable bonds is 5. The summed E-state index contributed by atoms with van der Waals surface area (Å²) in [6, 6.07) is 17.7. The quantitative estimate of drug-likeness (QED) is 0.465. The van der Waals surface area contributed by atoms with Crippen LogP contribution >= 0.6 is 11.6 Å². The van der Waals surface area contributed by atoms with E-state index in [1.807, 2.05) is 47.0 Å². The molecule has 0 saturated carbocycles. The Kier molecular flexibility index (Phi) is 5.35. The first kappa shape index (κ1) is 20.6. The van der Waals surface area contributed by atoms with Crippen LogP contribution in [-0.2, 0) is 26.6 Å². The van der Waals surface area contributed by atoms with E-state index in [2.05, 4.69) is 17.0 Å². The monoisotopic (exact) mass is 449 g/mol. The van der Waals surface area contributed by atoms with E-state index < -0.39 is 0 Å². The lowest BCUT2D eigenvalue weighted by Crippen LogP contribution is -2.40. The third-order valence-corrected chi connectivity index (χ3v) is 6.26. The van der Waals surface area contributed by atoms with E-state index in [-0.39, 0.29) is 11.2 Å². The van der Waals surface area contributed by atoms with Crippen molar-refractivity contribution in [3.63, 3.8) is 0 Å². The second-order valence-electron chi connectivity index (χ2n) is 8.11. The van der Waals surface area contributed by atoms with Crippen LogP contribution in [-0.4, -0.2) is 25.2 Å². The third kappa shape index (κ3) is 3.52. The van der Waals surface area contributed by atoms with Crippen LogP contribution in [0.1, 0.15) is 18.4 Å². The second-order valence-corrected chi connectivity index (χ2v) is 8.54. The van der Waals surface area contributed by atoms with Crippen LogP contribution in [0.5, 0.6) is 0 Å². The molecule has 0 spiro atoms. The number of halogens is 1. The van der Waals surface area contributed by atoms with E-state index in [9.17, 15) is 9.59 Å². The van der Waals surface area contributed by atoms with Gasteiger partial charge >= 0.3 is 5.69 Å². The molecule has 3 heterocycles. The van der Waals surface area contributed by atoms with E-state index in [0.29, 0.717) is 41.6 Å². The van der Waals surface area contributed by atoms with Gasteiger partial charge in [-0.05, 0) is 43.0 Å². The Hall–Kier alpha value is -3.32. The number of fused-ring (bicyclic) bond motifs is 3. The molecule has 0 fully saturated rings. The fraction of sp³-hybridized carbons (Fsp3) is 0.292. The van der Waals surface area contributed by atoms with Crippen molar-refractivity contribution in [2.75, 3.05) is 11.4 Å². The molecule has 164 valence electrons. The van der Waals surface area contributed by atoms with Gasteiger partial charge in [-0.1, -0.05) is 48.0 Å². The van der Waals surface area contributed by atoms with Crippen molar-refractivity contribution in [3.8, 4) is 0 Å². The van der Waals surface area contributed by atoms with Gasteiger partial charge in [0.25, 0.3) is 5.56 Å². The highest BCUT2D eigenvalue weighted by atomic mass is 35.5. The highest BCUT2D eigenvalue weighted by Gasteiger charge is 2.27. The number of aromatic nitrogens is 4. The molecule has 2 aromatic carbocycles. The summed E-state index contributed by atoms with van der Waals surface area (Å²) in [5.41, 5.74) is 2.40. The third-order valence-electron chi connectivity index (χ3n) is 6.03. The Morgan fingerprint density at radius 1 is 1.03 bits per heavy atom. The van der Waals surface area contributed by atoms with Gasteiger partial charge in [0.2, 0.25) is 5.95 Å². The molecule has 5 rings (SSSR count). The van der Waals surface area contributed by atoms with Gasteiger partial charge < -0.3 is 9.47 Å². The minimum Gasteiger partial charge on any atom is -0.312 e. The van der Waals surface area contributed by atoms with Crippen molar-refractivity contribution < 1.29 is 0 Å². The van der Waals surface area contributed by atoms with E-state index in [4.69, 9.17) is 16.6 Å². The van der Waals surface area contributed by atoms with Crippen LogP contribution < -0.4 is 16.1 Å². The fourth-order valence-corrected chi connectivity index (χ4v) is 4.62. The van der Waals surface area contributed by atoms with E-state index in [0.717, 1.165) is 25.1 Å². The van der Waals surface area contributed by atoms with Crippen molar-refractivity contribution in [2.24, 2.45) is 7.05 Å². The summed E-state index contributed by atoms with van der Waals surface area (Å²) in [4.78, 5) is 33.2. The maximum Gasteiger partial charge on any atom is 0.332 e. The fourth-order valence-electron chi connectivity index (χ4n) is 4.44. The zero-order valence-corrected chi connectivity index (χ0v) is 18.6. The molecule has 0 aliphatic carbocycles. The molecule has 0 radical (unpaired) electrons. The maximum absolute atomic E-state index is 13.4. The summed E-state index contributed by atoms with van der Waals surface area (Å²) in [7, 11) is 1.68. The average molecular weight is 450 g/mol. The Morgan fingerprint density at radius 2 is 1.84 bits per heavy atom. The molecule has 8 heteroatoms. The molecular formula is C24H24ClN5O2. The topological polar surface area (TPSA) is 65.1 Å². The number of hydrogen-bond donors (Lipinski definition) is 0. The first-order valence-electron chi connectivity index (χ1n) is 10.8. The molecule has 0 bridgehead atoms. The highest BCUT2D eigenvalue weighted by molar-refractivity contribution is 6.30. The molecule has 0 amide bonds. The molecule has 2 aromatic heterocycles. The van der Waals surface area contributed by atoms with Crippen LogP contribution in [0, 0.1) is 0 Å². The minimum atomic E-state index is -0.333. The van der Waals surface area contributed by atoms with Gasteiger partial charge in [0, 0.05) is 37.4 Å². The van der Waals surface area contributed by atoms with Crippen LogP contribution in [0.15, 0.2) is 64.2 Å². The van der Waals surface area contributed by atoms with Gasteiger partial charge in [-0.3, -0.25) is 13.9 Å². The normalized spacial score (nSPS) is 13.5. The molecule has 0 saturated heterocycles. The molecule has 1 aliphatic heterocycles. The summed E-state index contributed by atoms with van der Waals surface area (Å²) in [6.07, 6.45) is 2.38. The standard InChI is InChI=1S/C24H24ClN5O2/c1-27-21-20(22(31)30(24(27)32)13-6-10-17-8-3-2-4-9-17)29-15-7-14-28(23(29)26-21)19-12-5-11-18(25)16-19/h2-5,8-9,11-12,16H,6-7,10,13-15H2,1H3. The first-order valence-corrected chi connectivity index (χ1v) is 11.2. The van der Waals surface area contributed by atoms with E-state index in [1.165, 1.54) is 14.7 Å². The van der Waals surface area contributed by atoms with Gasteiger partial charge in [-0.15, -0.1) is 0 Å². The summed E-state index contributed by atoms with van der Waals surface area (Å²) in [5.74, 6) is 0.669. The number of imidazole rings is 1. The van der Waals surface area contributed by atoms with Gasteiger partial charge in [-0.25, -0.2) is 4.79 Å². The summed E-state index contributed by atoms with van der Waals surface area (Å²) < 4.78 is 4.77. The number of nitrogens with zero attached hydrogens (tertiary/aromatic N) is 5. The van der Waals surface area contributed by atoms with Crippen molar-refractivity contribution in [3.05, 3.63) is 86.0 Å². The molecule has 0 N–H and O–H groups in total. The molecular weight excluding hydrogens is 426 g/mol. The minimum absolute atomic E-state index is 0.275. The van der Waals surface area contributed by atoms with E-state index in [1.54, 1.807) is 7.05 Å². The van der Waals surface area contributed by atoms with Crippen LogP contribution in [0.4, 0.5) is 11.6 Å². The van der Waals surface area contributed by atoms with Gasteiger partial charge in [0.1, 0.15) is 0 Å². The lowest BCUT2D eigenvalue weighted by atomic mass is 10.1. The Labute approximate surface area is 190 Å². The summed E-state index contributed by atoms with van der Waals surface area (Å²) in [5, 5.41) is 0.643. The van der Waals surface area contributed by atoms with Crippen LogP contribution in [0.25, 0.3) is 11.2 Å². The predicted molar refractivity (Wildman–Crippen MR) is 127 cm³/mol. The van der Waals surface area contributed by atoms with Gasteiger partial charge in [-0.2, -0.15) is 4.98 Å². The van der Waals surface area contributed by atoms with Gasteiger partial charge in [0.05, 0.1) is 0 Å². The molecule has 1 aliphatic rings. The SMILES string of the molecule is Cn1c(=O)n(CCCc2ccccc2)c(=O)c2c1nc1n2CCCN1c1cccc(Cl)c1. The van der Waals surface area contributed by atoms with Crippen LogP contribution in [0.3, 0.4) is 0 Å². The number of hydrogen-bond acceptors (Lipinski definition) is 4. The zero-order chi connectivity index (χ0) is 22.2. The smallest absolute Gasteiger partial charge is 0.312 e. The Morgan fingerprint density at radius 3 is 2.62 bits per heavy atom. The molecule has 0 atom stereocenters. The van der Waals surface area contributed by atoms with Crippen molar-refractivity contribution in [2.45, 2.75) is 32.4 Å². The maximum atomic E-state index is 13.4.